The number of alkyl halides is 6. The van der Waals surface area contributed by atoms with Gasteiger partial charge in [-0.05, 0) is 35.9 Å². The van der Waals surface area contributed by atoms with Gasteiger partial charge in [0.25, 0.3) is 10.0 Å². The van der Waals surface area contributed by atoms with E-state index < -0.39 is 38.4 Å². The third-order valence-corrected chi connectivity index (χ3v) is 7.27. The molecule has 0 saturated heterocycles. The Hall–Kier alpha value is -2.50. The number of thiophene rings is 1. The number of aromatic nitrogens is 2. The fourth-order valence-corrected chi connectivity index (χ4v) is 5.61. The van der Waals surface area contributed by atoms with Crippen LogP contribution in [0.15, 0.2) is 45.6 Å². The van der Waals surface area contributed by atoms with Crippen LogP contribution < -0.4 is 0 Å². The van der Waals surface area contributed by atoms with Crippen LogP contribution in [-0.4, -0.2) is 23.9 Å². The predicted octanol–water partition coefficient (Wildman–Crippen LogP) is 5.48. The molecule has 3 aromatic rings. The minimum atomic E-state index is -5.22. The molecule has 2 aromatic heterocycles. The fraction of sp³-hybridized carbons (Fsp3) is 0.176. The Morgan fingerprint density at radius 3 is 2.10 bits per heavy atom. The lowest BCUT2D eigenvalue weighted by atomic mass is 10.1. The van der Waals surface area contributed by atoms with E-state index in [9.17, 15) is 40.0 Å². The molecule has 2 heterocycles. The van der Waals surface area contributed by atoms with Gasteiger partial charge in [-0.15, -0.1) is 27.2 Å². The van der Waals surface area contributed by atoms with Crippen molar-refractivity contribution in [2.45, 2.75) is 22.3 Å². The van der Waals surface area contributed by atoms with Crippen molar-refractivity contribution in [2.24, 2.45) is 0 Å². The molecule has 1 aromatic carbocycles. The van der Waals surface area contributed by atoms with Crippen LogP contribution in [0.5, 0.6) is 0 Å². The summed E-state index contributed by atoms with van der Waals surface area (Å²) in [6.45, 7) is 0. The van der Waals surface area contributed by atoms with Crippen LogP contribution in [0.1, 0.15) is 16.7 Å². The van der Waals surface area contributed by atoms with Crippen LogP contribution in [0.3, 0.4) is 0 Å². The monoisotopic (exact) mass is 497 g/mol. The van der Waals surface area contributed by atoms with Crippen molar-refractivity contribution in [3.63, 3.8) is 0 Å². The number of hydrogen-bond donors (Lipinski definition) is 0. The first-order valence-electron chi connectivity index (χ1n) is 7.96. The predicted molar refractivity (Wildman–Crippen MR) is 101 cm³/mol. The number of benzene rings is 1. The zero-order chi connectivity index (χ0) is 23.2. The molecular weight excluding hydrogens is 488 g/mol. The van der Waals surface area contributed by atoms with Crippen molar-refractivity contribution in [1.29, 1.82) is 5.26 Å². The molecule has 14 heteroatoms. The Balaban J connectivity index is 2.31. The number of thioether (sulfide) groups is 1. The molecule has 0 saturated carbocycles. The number of nitriles is 1. The average molecular weight is 497 g/mol. The Morgan fingerprint density at radius 2 is 1.68 bits per heavy atom. The Labute approximate surface area is 180 Å². The summed E-state index contributed by atoms with van der Waals surface area (Å²) in [5.74, 6) is 0. The third-order valence-electron chi connectivity index (χ3n) is 3.96. The lowest BCUT2D eigenvalue weighted by Crippen LogP contribution is -2.19. The highest BCUT2D eigenvalue weighted by Crippen LogP contribution is 2.39. The van der Waals surface area contributed by atoms with Crippen LogP contribution in [-0.2, 0) is 22.4 Å². The largest absolute Gasteiger partial charge is 0.416 e. The molecule has 0 radical (unpaired) electrons. The number of hydrogen-bond acceptors (Lipinski definition) is 6. The Bertz CT molecular complexity index is 1240. The summed E-state index contributed by atoms with van der Waals surface area (Å²) in [7, 11) is -5.01. The molecule has 31 heavy (non-hydrogen) atoms. The van der Waals surface area contributed by atoms with E-state index >= 15 is 0 Å². The zero-order valence-electron chi connectivity index (χ0n) is 15.1. The summed E-state index contributed by atoms with van der Waals surface area (Å²) in [5, 5.41) is 14.7. The fourth-order valence-electron chi connectivity index (χ4n) is 2.59. The summed E-state index contributed by atoms with van der Waals surface area (Å²) >= 11 is 1.89. The van der Waals surface area contributed by atoms with Gasteiger partial charge in [0, 0.05) is 0 Å². The molecule has 0 unspecified atom stereocenters. The van der Waals surface area contributed by atoms with Gasteiger partial charge in [0.1, 0.15) is 22.4 Å². The van der Waals surface area contributed by atoms with Gasteiger partial charge < -0.3 is 0 Å². The highest BCUT2D eigenvalue weighted by atomic mass is 32.2. The van der Waals surface area contributed by atoms with E-state index in [1.54, 1.807) is 23.6 Å². The molecule has 0 atom stereocenters. The van der Waals surface area contributed by atoms with Gasteiger partial charge in [0.05, 0.1) is 20.9 Å². The Kier molecular flexibility index (Phi) is 5.89. The van der Waals surface area contributed by atoms with Crippen molar-refractivity contribution in [3.05, 3.63) is 52.4 Å². The van der Waals surface area contributed by atoms with Crippen molar-refractivity contribution < 1.29 is 34.8 Å². The second kappa shape index (κ2) is 7.88. The summed E-state index contributed by atoms with van der Waals surface area (Å²) in [6, 6.07) is 4.98. The number of rotatable bonds is 4. The maximum Gasteiger partial charge on any atom is 0.416 e. The molecule has 3 rings (SSSR count). The first kappa shape index (κ1) is 23.2. The van der Waals surface area contributed by atoms with Crippen LogP contribution in [0, 0.1) is 11.3 Å². The Morgan fingerprint density at radius 1 is 1.10 bits per heavy atom. The molecule has 0 amide bonds. The third kappa shape index (κ3) is 4.30. The molecule has 0 bridgehead atoms. The minimum absolute atomic E-state index is 0.0477. The van der Waals surface area contributed by atoms with E-state index in [1.807, 2.05) is 0 Å². The van der Waals surface area contributed by atoms with Crippen LogP contribution >= 0.6 is 23.1 Å². The lowest BCUT2D eigenvalue weighted by Gasteiger charge is -2.15. The van der Waals surface area contributed by atoms with Gasteiger partial charge in [-0.2, -0.15) is 45.1 Å². The first-order chi connectivity index (χ1) is 14.3. The second-order valence-corrected chi connectivity index (χ2v) is 9.42. The lowest BCUT2D eigenvalue weighted by molar-refractivity contribution is -0.143. The molecule has 0 N–H and O–H groups in total. The van der Waals surface area contributed by atoms with E-state index in [0.29, 0.717) is 8.96 Å². The highest BCUT2D eigenvalue weighted by molar-refractivity contribution is 7.99. The van der Waals surface area contributed by atoms with Crippen molar-refractivity contribution in [2.75, 3.05) is 6.26 Å². The van der Waals surface area contributed by atoms with E-state index in [0.717, 1.165) is 23.1 Å². The van der Waals surface area contributed by atoms with Gasteiger partial charge in [0.15, 0.2) is 0 Å². The molecular formula is C17H9F6N3O2S3. The molecule has 0 aliphatic rings. The summed E-state index contributed by atoms with van der Waals surface area (Å²) in [6.07, 6.45) is -9.05. The van der Waals surface area contributed by atoms with Crippen LogP contribution in [0.2, 0.25) is 0 Å². The topological polar surface area (TPSA) is 75.8 Å². The normalized spacial score (nSPS) is 12.7. The van der Waals surface area contributed by atoms with Gasteiger partial charge in [-0.1, -0.05) is 6.07 Å². The molecule has 0 spiro atoms. The standard InChI is InChI=1S/C17H9F6N3O2S3/c1-29-15-12(8-24)14(13-3-2-4-30-13)25-26(15)31(27,28)11-6-9(16(18,19)20)5-10(7-11)17(21,22)23/h2-7H,1H3. The van der Waals surface area contributed by atoms with Gasteiger partial charge >= 0.3 is 12.4 Å². The highest BCUT2D eigenvalue weighted by Gasteiger charge is 2.39. The maximum absolute atomic E-state index is 13.2. The average Bonchev–Trinajstić information content (AvgIpc) is 3.33. The van der Waals surface area contributed by atoms with E-state index in [-0.39, 0.29) is 34.5 Å². The number of halogens is 6. The quantitative estimate of drug-likeness (QED) is 0.353. The molecule has 0 aliphatic heterocycles. The van der Waals surface area contributed by atoms with E-state index in [4.69, 9.17) is 0 Å². The van der Waals surface area contributed by atoms with Crippen molar-refractivity contribution in [3.8, 4) is 16.6 Å². The summed E-state index contributed by atoms with van der Waals surface area (Å²) in [5.41, 5.74) is -3.77. The van der Waals surface area contributed by atoms with E-state index in [1.165, 1.54) is 6.26 Å². The van der Waals surface area contributed by atoms with Crippen molar-refractivity contribution >= 4 is 33.1 Å². The minimum Gasteiger partial charge on any atom is -0.199 e. The summed E-state index contributed by atoms with van der Waals surface area (Å²) < 4.78 is 105. The van der Waals surface area contributed by atoms with E-state index in [2.05, 4.69) is 5.10 Å². The molecule has 0 fully saturated rings. The van der Waals surface area contributed by atoms with Crippen LogP contribution in [0.25, 0.3) is 10.6 Å². The SMILES string of the molecule is CSc1c(C#N)c(-c2cccs2)nn1S(=O)(=O)c1cc(C(F)(F)F)cc(C(F)(F)F)c1. The number of nitrogens with zero attached hydrogens (tertiary/aromatic N) is 3. The summed E-state index contributed by atoms with van der Waals surface area (Å²) in [4.78, 5) is -0.851. The zero-order valence-corrected chi connectivity index (χ0v) is 17.6. The van der Waals surface area contributed by atoms with Crippen LogP contribution in [0.4, 0.5) is 26.3 Å². The van der Waals surface area contributed by atoms with Crippen molar-refractivity contribution in [1.82, 2.24) is 9.19 Å². The maximum atomic E-state index is 13.2. The van der Waals surface area contributed by atoms with Gasteiger partial charge in [0.2, 0.25) is 0 Å². The molecule has 0 aliphatic carbocycles. The second-order valence-electron chi connectivity index (χ2n) is 5.91. The first-order valence-corrected chi connectivity index (χ1v) is 11.5. The smallest absolute Gasteiger partial charge is 0.199 e. The van der Waals surface area contributed by atoms with Gasteiger partial charge in [-0.3, -0.25) is 0 Å². The molecule has 5 nitrogen and oxygen atoms in total. The van der Waals surface area contributed by atoms with Gasteiger partial charge in [-0.25, -0.2) is 0 Å². The molecule has 164 valence electrons.